The molecule has 6 heteroatoms. The summed E-state index contributed by atoms with van der Waals surface area (Å²) in [5, 5.41) is 3.08. The third kappa shape index (κ3) is 3.43. The minimum atomic E-state index is -0.413. The summed E-state index contributed by atoms with van der Waals surface area (Å²) in [6.45, 7) is 2.88. The first-order valence-corrected chi connectivity index (χ1v) is 9.58. The maximum atomic E-state index is 12.4. The Morgan fingerprint density at radius 1 is 1.31 bits per heavy atom. The molecule has 1 aliphatic carbocycles. The molecule has 1 aliphatic heterocycles. The van der Waals surface area contributed by atoms with Crippen molar-refractivity contribution in [3.05, 3.63) is 34.3 Å². The average Bonchev–Trinajstić information content (AvgIpc) is 3.14. The van der Waals surface area contributed by atoms with Gasteiger partial charge in [0, 0.05) is 13.0 Å². The molecule has 1 saturated carbocycles. The molecule has 1 amide bonds. The Bertz CT molecular complexity index is 860. The number of oxazole rings is 1. The first-order chi connectivity index (χ1) is 12.5. The van der Waals surface area contributed by atoms with E-state index in [1.807, 2.05) is 19.1 Å². The quantitative estimate of drug-likeness (QED) is 0.912. The number of carbonyl (C=O) groups excluding carboxylic acids is 1. The molecule has 0 bridgehead atoms. The van der Waals surface area contributed by atoms with Gasteiger partial charge in [-0.25, -0.2) is 4.79 Å². The fourth-order valence-electron chi connectivity index (χ4n) is 4.38. The number of aryl methyl sites for hydroxylation is 2. The number of hydrogen-bond donors (Lipinski definition) is 1. The van der Waals surface area contributed by atoms with Gasteiger partial charge in [-0.1, -0.05) is 25.3 Å². The monoisotopic (exact) mass is 358 g/mol. The lowest BCUT2D eigenvalue weighted by Gasteiger charge is -2.32. The van der Waals surface area contributed by atoms with Crippen LogP contribution in [-0.4, -0.2) is 28.7 Å². The van der Waals surface area contributed by atoms with Gasteiger partial charge in [0.15, 0.2) is 5.58 Å². The van der Waals surface area contributed by atoms with E-state index in [-0.39, 0.29) is 24.0 Å². The molecule has 2 fully saturated rings. The second-order valence-corrected chi connectivity index (χ2v) is 7.76. The average molecular weight is 358 g/mol. The van der Waals surface area contributed by atoms with Crippen LogP contribution in [-0.2, 0) is 16.1 Å². The predicted octanol–water partition coefficient (Wildman–Crippen LogP) is 2.90. The summed E-state index contributed by atoms with van der Waals surface area (Å²) in [6.07, 6.45) is 7.10. The van der Waals surface area contributed by atoms with Crippen LogP contribution in [0.4, 0.5) is 0 Å². The largest absolute Gasteiger partial charge is 0.419 e. The summed E-state index contributed by atoms with van der Waals surface area (Å²) in [6, 6.07) is 5.70. The van der Waals surface area contributed by atoms with Crippen LogP contribution in [0.15, 0.2) is 27.4 Å². The van der Waals surface area contributed by atoms with Crippen molar-refractivity contribution in [1.29, 1.82) is 0 Å². The maximum Gasteiger partial charge on any atom is 0.419 e. The van der Waals surface area contributed by atoms with Crippen LogP contribution in [0.2, 0.25) is 0 Å². The number of ether oxygens (including phenoxy) is 1. The van der Waals surface area contributed by atoms with Crippen LogP contribution < -0.4 is 11.1 Å². The molecule has 2 heterocycles. The van der Waals surface area contributed by atoms with Crippen molar-refractivity contribution in [1.82, 2.24) is 9.88 Å². The van der Waals surface area contributed by atoms with Gasteiger partial charge in [-0.05, 0) is 43.9 Å². The van der Waals surface area contributed by atoms with E-state index in [1.165, 1.54) is 23.8 Å². The van der Waals surface area contributed by atoms with Crippen LogP contribution in [0.5, 0.6) is 0 Å². The Morgan fingerprint density at radius 3 is 2.92 bits per heavy atom. The third-order valence-electron chi connectivity index (χ3n) is 5.72. The number of aromatic nitrogens is 1. The Kier molecular flexibility index (Phi) is 4.61. The zero-order valence-electron chi connectivity index (χ0n) is 15.3. The molecule has 2 aliphatic rings. The second kappa shape index (κ2) is 6.91. The maximum absolute atomic E-state index is 12.4. The highest BCUT2D eigenvalue weighted by atomic mass is 16.5. The number of carbonyl (C=O) groups is 1. The van der Waals surface area contributed by atoms with Crippen LogP contribution in [0.25, 0.3) is 11.1 Å². The highest BCUT2D eigenvalue weighted by Crippen LogP contribution is 2.39. The standard InChI is InChI=1S/C20H26N2O4/c1-14-5-6-17-16(11-14)22(19(24)26-17)10-7-18(23)21-15-12-20(25-13-15)8-3-2-4-9-20/h5-6,11,15H,2-4,7-10,12-13H2,1H3,(H,21,23)/t15-/m0/s1. The Morgan fingerprint density at radius 2 is 2.12 bits per heavy atom. The van der Waals surface area contributed by atoms with Gasteiger partial charge in [0.1, 0.15) is 0 Å². The highest BCUT2D eigenvalue weighted by molar-refractivity contribution is 5.77. The number of benzene rings is 1. The van der Waals surface area contributed by atoms with Crippen molar-refractivity contribution in [2.24, 2.45) is 0 Å². The Labute approximate surface area is 152 Å². The lowest BCUT2D eigenvalue weighted by atomic mass is 9.82. The number of rotatable bonds is 4. The van der Waals surface area contributed by atoms with Gasteiger partial charge >= 0.3 is 5.76 Å². The number of nitrogens with zero attached hydrogens (tertiary/aromatic N) is 1. The third-order valence-corrected chi connectivity index (χ3v) is 5.72. The fraction of sp³-hybridized carbons (Fsp3) is 0.600. The van der Waals surface area contributed by atoms with Gasteiger partial charge in [-0.15, -0.1) is 0 Å². The van der Waals surface area contributed by atoms with Gasteiger partial charge in [-0.2, -0.15) is 0 Å². The van der Waals surface area contributed by atoms with Crippen LogP contribution in [0.1, 0.15) is 50.5 Å². The first-order valence-electron chi connectivity index (χ1n) is 9.58. The first kappa shape index (κ1) is 17.3. The van der Waals surface area contributed by atoms with Crippen LogP contribution in [0.3, 0.4) is 0 Å². The minimum absolute atomic E-state index is 0.00851. The summed E-state index contributed by atoms with van der Waals surface area (Å²) in [5.74, 6) is -0.455. The summed E-state index contributed by atoms with van der Waals surface area (Å²) in [4.78, 5) is 24.4. The normalized spacial score (nSPS) is 22.1. The lowest BCUT2D eigenvalue weighted by Crippen LogP contribution is -2.38. The molecule has 0 unspecified atom stereocenters. The van der Waals surface area contributed by atoms with Crippen LogP contribution >= 0.6 is 0 Å². The van der Waals surface area contributed by atoms with Gasteiger partial charge in [0.2, 0.25) is 5.91 Å². The van der Waals surface area contributed by atoms with Crippen molar-refractivity contribution in [3.63, 3.8) is 0 Å². The van der Waals surface area contributed by atoms with Crippen LogP contribution in [0, 0.1) is 6.92 Å². The molecule has 2 aromatic rings. The van der Waals surface area contributed by atoms with E-state index in [9.17, 15) is 9.59 Å². The number of nitrogens with one attached hydrogen (secondary N) is 1. The van der Waals surface area contributed by atoms with Crippen molar-refractivity contribution < 1.29 is 13.9 Å². The molecule has 1 N–H and O–H groups in total. The van der Waals surface area contributed by atoms with Gasteiger partial charge in [0.25, 0.3) is 0 Å². The molecule has 1 atom stereocenters. The molecule has 140 valence electrons. The zero-order chi connectivity index (χ0) is 18.1. The van der Waals surface area contributed by atoms with E-state index in [1.54, 1.807) is 6.07 Å². The lowest BCUT2D eigenvalue weighted by molar-refractivity contribution is -0.122. The Balaban J connectivity index is 1.35. The van der Waals surface area contributed by atoms with E-state index in [0.29, 0.717) is 18.7 Å². The van der Waals surface area contributed by atoms with E-state index < -0.39 is 5.76 Å². The van der Waals surface area contributed by atoms with Gasteiger partial charge < -0.3 is 14.5 Å². The molecule has 1 aromatic heterocycles. The van der Waals surface area contributed by atoms with Crippen molar-refractivity contribution in [2.75, 3.05) is 6.61 Å². The second-order valence-electron chi connectivity index (χ2n) is 7.76. The topological polar surface area (TPSA) is 73.5 Å². The molecule has 1 aromatic carbocycles. The van der Waals surface area contributed by atoms with Crippen molar-refractivity contribution >= 4 is 17.0 Å². The molecule has 26 heavy (non-hydrogen) atoms. The van der Waals surface area contributed by atoms with E-state index in [2.05, 4.69) is 5.32 Å². The van der Waals surface area contributed by atoms with E-state index in [4.69, 9.17) is 9.15 Å². The summed E-state index contributed by atoms with van der Waals surface area (Å²) in [5.41, 5.74) is 2.35. The number of amides is 1. The van der Waals surface area contributed by atoms with Crippen molar-refractivity contribution in [3.8, 4) is 0 Å². The minimum Gasteiger partial charge on any atom is -0.408 e. The molecule has 1 saturated heterocycles. The highest BCUT2D eigenvalue weighted by Gasteiger charge is 2.41. The van der Waals surface area contributed by atoms with Crippen molar-refractivity contribution in [2.45, 2.75) is 70.1 Å². The SMILES string of the molecule is Cc1ccc2oc(=O)n(CCC(=O)N[C@@H]3COC4(CCCCC4)C3)c2c1. The number of fused-ring (bicyclic) bond motifs is 1. The smallest absolute Gasteiger partial charge is 0.408 e. The summed E-state index contributed by atoms with van der Waals surface area (Å²) < 4.78 is 12.8. The molecule has 0 radical (unpaired) electrons. The molecule has 6 nitrogen and oxygen atoms in total. The Hall–Kier alpha value is -2.08. The predicted molar refractivity (Wildman–Crippen MR) is 98.1 cm³/mol. The van der Waals surface area contributed by atoms with E-state index >= 15 is 0 Å². The zero-order valence-corrected chi connectivity index (χ0v) is 15.3. The fourth-order valence-corrected chi connectivity index (χ4v) is 4.38. The van der Waals surface area contributed by atoms with E-state index in [0.717, 1.165) is 30.3 Å². The summed E-state index contributed by atoms with van der Waals surface area (Å²) in [7, 11) is 0. The number of hydrogen-bond acceptors (Lipinski definition) is 4. The van der Waals surface area contributed by atoms with Gasteiger partial charge in [0.05, 0.1) is 23.8 Å². The molecule has 1 spiro atoms. The summed E-state index contributed by atoms with van der Waals surface area (Å²) >= 11 is 0. The molecule has 4 rings (SSSR count). The molecular formula is C20H26N2O4. The van der Waals surface area contributed by atoms with Gasteiger partial charge in [-0.3, -0.25) is 9.36 Å². The molecular weight excluding hydrogens is 332 g/mol.